The maximum absolute atomic E-state index is 15.2. The molecule has 190 valence electrons. The number of hydrogen-bond donors (Lipinski definition) is 2. The van der Waals surface area contributed by atoms with Crippen LogP contribution in [-0.4, -0.2) is 52.3 Å². The number of cyclic esters (lactones) is 1. The number of carbonyl (C=O) groups excluding carboxylic acids is 2. The van der Waals surface area contributed by atoms with Crippen molar-refractivity contribution in [1.82, 2.24) is 15.2 Å². The van der Waals surface area contributed by atoms with Gasteiger partial charge in [0.15, 0.2) is 0 Å². The van der Waals surface area contributed by atoms with Crippen LogP contribution in [0.4, 0.5) is 9.18 Å². The fourth-order valence-corrected chi connectivity index (χ4v) is 5.21. The second-order valence-corrected chi connectivity index (χ2v) is 9.91. The van der Waals surface area contributed by atoms with Crippen molar-refractivity contribution in [3.63, 3.8) is 0 Å². The summed E-state index contributed by atoms with van der Waals surface area (Å²) in [5.74, 6) is -1.05. The van der Waals surface area contributed by atoms with E-state index in [4.69, 9.17) is 14.7 Å². The Morgan fingerprint density at radius 3 is 2.89 bits per heavy atom. The van der Waals surface area contributed by atoms with Gasteiger partial charge in [0, 0.05) is 32.1 Å². The van der Waals surface area contributed by atoms with Crippen LogP contribution in [0.25, 0.3) is 10.6 Å². The van der Waals surface area contributed by atoms with Gasteiger partial charge in [-0.15, -0.1) is 11.3 Å². The summed E-state index contributed by atoms with van der Waals surface area (Å²) in [6, 6.07) is 11.3. The molecular weight excluding hydrogens is 499 g/mol. The number of fused-ring (bicyclic) bond motifs is 1. The van der Waals surface area contributed by atoms with E-state index >= 15 is 4.39 Å². The van der Waals surface area contributed by atoms with Crippen molar-refractivity contribution >= 4 is 23.3 Å². The molecule has 2 aliphatic rings. The number of rotatable bonds is 7. The largest absolute Gasteiger partial charge is 0.490 e. The maximum atomic E-state index is 15.2. The third-order valence-corrected chi connectivity index (χ3v) is 7.40. The Hall–Kier alpha value is -4.01. The molecule has 0 bridgehead atoms. The number of carbonyl (C=O) groups is 2. The smallest absolute Gasteiger partial charge is 0.410 e. The number of nitrogens with zero attached hydrogens (tertiary/aromatic N) is 3. The molecule has 37 heavy (non-hydrogen) atoms. The number of ether oxygens (including phenoxy) is 2. The second-order valence-electron chi connectivity index (χ2n) is 8.80. The average Bonchev–Trinajstić information content (AvgIpc) is 3.55. The summed E-state index contributed by atoms with van der Waals surface area (Å²) in [4.78, 5) is 31.3. The summed E-state index contributed by atoms with van der Waals surface area (Å²) in [6.07, 6.45) is 2.02. The van der Waals surface area contributed by atoms with Crippen LogP contribution in [0.1, 0.15) is 39.2 Å². The van der Waals surface area contributed by atoms with Gasteiger partial charge in [0.1, 0.15) is 29.3 Å². The molecule has 2 aromatic carbocycles. The predicted octanol–water partition coefficient (Wildman–Crippen LogP) is 3.61. The van der Waals surface area contributed by atoms with Crippen molar-refractivity contribution in [2.24, 2.45) is 0 Å². The molecular formula is C26H23FN4O5S. The molecule has 0 radical (unpaired) electrons. The molecule has 2 saturated heterocycles. The Balaban J connectivity index is 1.39. The van der Waals surface area contributed by atoms with Crippen LogP contribution in [0.2, 0.25) is 0 Å². The Bertz CT molecular complexity index is 1370. The van der Waals surface area contributed by atoms with Gasteiger partial charge in [-0.3, -0.25) is 4.79 Å². The van der Waals surface area contributed by atoms with Gasteiger partial charge >= 0.3 is 6.09 Å². The number of nitrogens with one attached hydrogen (secondary N) is 1. The van der Waals surface area contributed by atoms with Gasteiger partial charge < -0.3 is 24.8 Å². The summed E-state index contributed by atoms with van der Waals surface area (Å²) in [5.41, 5.74) is 1.47. The molecule has 2 fully saturated rings. The van der Waals surface area contributed by atoms with Crippen LogP contribution >= 0.6 is 11.3 Å². The zero-order valence-electron chi connectivity index (χ0n) is 19.6. The van der Waals surface area contributed by atoms with E-state index in [1.807, 2.05) is 6.07 Å². The molecule has 0 saturated carbocycles. The minimum absolute atomic E-state index is 0.0915. The highest BCUT2D eigenvalue weighted by Crippen LogP contribution is 2.37. The molecule has 0 spiro atoms. The molecule has 2 atom stereocenters. The number of benzene rings is 2. The highest BCUT2D eigenvalue weighted by molar-refractivity contribution is 7.15. The van der Waals surface area contributed by atoms with E-state index in [0.29, 0.717) is 52.8 Å². The number of nitriles is 1. The van der Waals surface area contributed by atoms with Crippen LogP contribution in [0.15, 0.2) is 42.6 Å². The van der Waals surface area contributed by atoms with E-state index < -0.39 is 11.7 Å². The predicted molar refractivity (Wildman–Crippen MR) is 131 cm³/mol. The molecule has 2 amide bonds. The van der Waals surface area contributed by atoms with Crippen LogP contribution < -0.4 is 10.1 Å². The molecule has 2 N–H and O–H groups in total. The van der Waals surface area contributed by atoms with Crippen molar-refractivity contribution in [1.29, 1.82) is 5.26 Å². The zero-order chi connectivity index (χ0) is 25.9. The highest BCUT2D eigenvalue weighted by atomic mass is 32.1. The van der Waals surface area contributed by atoms with Gasteiger partial charge in [-0.1, -0.05) is 12.1 Å². The quantitative estimate of drug-likeness (QED) is 0.486. The highest BCUT2D eigenvalue weighted by Gasteiger charge is 2.39. The van der Waals surface area contributed by atoms with Gasteiger partial charge in [-0.2, -0.15) is 5.26 Å². The monoisotopic (exact) mass is 522 g/mol. The first-order chi connectivity index (χ1) is 17.9. The van der Waals surface area contributed by atoms with Gasteiger partial charge in [0.25, 0.3) is 5.91 Å². The van der Waals surface area contributed by atoms with Crippen molar-refractivity contribution < 1.29 is 28.6 Å². The van der Waals surface area contributed by atoms with Crippen LogP contribution in [0.3, 0.4) is 0 Å². The number of aromatic nitrogens is 1. The number of aliphatic hydroxyl groups excluding tert-OH is 1. The van der Waals surface area contributed by atoms with Crippen molar-refractivity contribution in [2.45, 2.75) is 38.1 Å². The van der Waals surface area contributed by atoms with E-state index in [0.717, 1.165) is 5.56 Å². The number of amides is 2. The minimum Gasteiger partial charge on any atom is -0.490 e. The Morgan fingerprint density at radius 1 is 1.35 bits per heavy atom. The fraction of sp³-hybridized carbons (Fsp3) is 0.308. The Morgan fingerprint density at radius 2 is 2.16 bits per heavy atom. The summed E-state index contributed by atoms with van der Waals surface area (Å²) in [5, 5.41) is 21.5. The van der Waals surface area contributed by atoms with Crippen LogP contribution in [-0.2, 0) is 17.9 Å². The van der Waals surface area contributed by atoms with Gasteiger partial charge in [0.05, 0.1) is 40.3 Å². The molecule has 2 aliphatic heterocycles. The molecule has 0 unspecified atom stereocenters. The number of thiazole rings is 1. The van der Waals surface area contributed by atoms with Gasteiger partial charge in [-0.05, 0) is 29.8 Å². The summed E-state index contributed by atoms with van der Waals surface area (Å²) < 4.78 is 26.6. The second kappa shape index (κ2) is 10.5. The SMILES string of the molecule is N#Cc1ccc(CNC(=O)c2cc(O[C@H]3CCN4C(=O)OC[C@@H]4C3)c(-c3ncc(CO)s3)cc2F)cc1. The van der Waals surface area contributed by atoms with E-state index in [9.17, 15) is 14.7 Å². The third kappa shape index (κ3) is 5.26. The lowest BCUT2D eigenvalue weighted by Gasteiger charge is -2.33. The van der Waals surface area contributed by atoms with Gasteiger partial charge in [-0.25, -0.2) is 14.2 Å². The molecule has 0 aliphatic carbocycles. The first-order valence-corrected chi connectivity index (χ1v) is 12.5. The molecule has 1 aromatic heterocycles. The lowest BCUT2D eigenvalue weighted by atomic mass is 10.0. The van der Waals surface area contributed by atoms with Crippen molar-refractivity contribution in [3.05, 3.63) is 70.0 Å². The first kappa shape index (κ1) is 24.7. The zero-order valence-corrected chi connectivity index (χ0v) is 20.5. The first-order valence-electron chi connectivity index (χ1n) is 11.7. The van der Waals surface area contributed by atoms with E-state index in [1.54, 1.807) is 29.2 Å². The number of halogens is 1. The fourth-order valence-electron chi connectivity index (χ4n) is 4.42. The molecule has 5 rings (SSSR count). The topological polar surface area (TPSA) is 125 Å². The lowest BCUT2D eigenvalue weighted by Crippen LogP contribution is -2.44. The standard InChI is InChI=1S/C26H23FN4O5S/c27-22-8-21(25-30-12-19(13-32)37-25)23(36-18-5-6-31-17(7-18)14-35-26(31)34)9-20(22)24(33)29-11-16-3-1-15(10-28)2-4-16/h1-4,8-9,12,17-18,32H,5-7,11,13-14H2,(H,29,33)/t17-,18-/m0/s1. The van der Waals surface area contributed by atoms with Crippen LogP contribution in [0.5, 0.6) is 5.75 Å². The summed E-state index contributed by atoms with van der Waals surface area (Å²) in [6.45, 7) is 0.738. The van der Waals surface area contributed by atoms with Crippen LogP contribution in [0, 0.1) is 17.1 Å². The molecule has 3 aromatic rings. The Labute approximate surface area is 216 Å². The minimum atomic E-state index is -0.731. The van der Waals surface area contributed by atoms with Gasteiger partial charge in [0.2, 0.25) is 0 Å². The van der Waals surface area contributed by atoms with E-state index in [-0.39, 0.29) is 37.0 Å². The Kier molecular flexibility index (Phi) is 7.03. The maximum Gasteiger partial charge on any atom is 0.410 e. The average molecular weight is 523 g/mol. The molecule has 11 heteroatoms. The number of piperidine rings is 1. The summed E-state index contributed by atoms with van der Waals surface area (Å²) in [7, 11) is 0. The third-order valence-electron chi connectivity index (χ3n) is 6.38. The van der Waals surface area contributed by atoms with Crippen molar-refractivity contribution in [2.75, 3.05) is 13.2 Å². The molecule has 3 heterocycles. The normalized spacial score (nSPS) is 18.6. The molecule has 9 nitrogen and oxygen atoms in total. The van der Waals surface area contributed by atoms with E-state index in [2.05, 4.69) is 10.3 Å². The number of aliphatic hydroxyl groups is 1. The van der Waals surface area contributed by atoms with Crippen molar-refractivity contribution in [3.8, 4) is 22.4 Å². The summed E-state index contributed by atoms with van der Waals surface area (Å²) >= 11 is 1.21. The number of hydrogen-bond acceptors (Lipinski definition) is 8. The lowest BCUT2D eigenvalue weighted by molar-refractivity contribution is 0.0915. The van der Waals surface area contributed by atoms with E-state index in [1.165, 1.54) is 29.7 Å².